The van der Waals surface area contributed by atoms with Gasteiger partial charge in [0, 0.05) is 7.11 Å². The Labute approximate surface area is 53.8 Å². The highest BCUT2D eigenvalue weighted by molar-refractivity contribution is 5.51. The number of aliphatic hydroxyl groups is 1. The highest BCUT2D eigenvalue weighted by Crippen LogP contribution is 1.78. The van der Waals surface area contributed by atoms with Crippen molar-refractivity contribution < 1.29 is 14.6 Å². The first-order chi connectivity index (χ1) is 4.35. The van der Waals surface area contributed by atoms with Crippen LogP contribution in [0.1, 0.15) is 0 Å². The van der Waals surface area contributed by atoms with Crippen molar-refractivity contribution in [1.82, 2.24) is 5.32 Å². The molecule has 0 aromatic carbocycles. The van der Waals surface area contributed by atoms with Crippen LogP contribution in [0.2, 0.25) is 0 Å². The van der Waals surface area contributed by atoms with Crippen LogP contribution in [0, 0.1) is 0 Å². The molecule has 0 fully saturated rings. The van der Waals surface area contributed by atoms with Gasteiger partial charge in [-0.15, -0.1) is 0 Å². The van der Waals surface area contributed by atoms with Crippen LogP contribution >= 0.6 is 0 Å². The zero-order chi connectivity index (χ0) is 7.11. The third kappa shape index (κ3) is 4.08. The molecule has 0 amide bonds. The summed E-state index contributed by atoms with van der Waals surface area (Å²) in [5, 5.41) is 11.1. The van der Waals surface area contributed by atoms with Crippen LogP contribution < -0.4 is 5.32 Å². The van der Waals surface area contributed by atoms with Crippen LogP contribution in [0.5, 0.6) is 0 Å². The van der Waals surface area contributed by atoms with Gasteiger partial charge < -0.3 is 14.6 Å². The molecule has 0 aliphatic carbocycles. The van der Waals surface area contributed by atoms with E-state index >= 15 is 0 Å². The Morgan fingerprint density at radius 1 is 1.89 bits per heavy atom. The molecule has 0 rings (SSSR count). The molecular weight excluding hydrogens is 122 g/mol. The van der Waals surface area contributed by atoms with Gasteiger partial charge in [-0.25, -0.2) is 0 Å². The smallest absolute Gasteiger partial charge is 0.133 e. The minimum atomic E-state index is -0.421. The second kappa shape index (κ2) is 5.68. The van der Waals surface area contributed by atoms with Crippen molar-refractivity contribution in [3.63, 3.8) is 0 Å². The summed E-state index contributed by atoms with van der Waals surface area (Å²) >= 11 is 0. The summed E-state index contributed by atoms with van der Waals surface area (Å²) in [7, 11) is 1.46. The Hall–Kier alpha value is -0.450. The predicted molar refractivity (Wildman–Crippen MR) is 31.9 cm³/mol. The molecular formula is C5H11NO3. The third-order valence-electron chi connectivity index (χ3n) is 0.879. The lowest BCUT2D eigenvalue weighted by molar-refractivity contribution is -0.108. The fraction of sp³-hybridized carbons (Fsp3) is 0.800. The number of ether oxygens (including phenoxy) is 1. The van der Waals surface area contributed by atoms with E-state index in [1.54, 1.807) is 0 Å². The molecule has 54 valence electrons. The van der Waals surface area contributed by atoms with E-state index in [0.717, 1.165) is 0 Å². The normalized spacial score (nSPS) is 13.1. The summed E-state index contributed by atoms with van der Waals surface area (Å²) < 4.78 is 4.68. The van der Waals surface area contributed by atoms with Crippen molar-refractivity contribution in [2.45, 2.75) is 6.23 Å². The zero-order valence-electron chi connectivity index (χ0n) is 5.33. The number of aldehydes is 1. The average molecular weight is 133 g/mol. The molecule has 0 saturated carbocycles. The third-order valence-corrected chi connectivity index (χ3v) is 0.879. The van der Waals surface area contributed by atoms with E-state index < -0.39 is 6.23 Å². The summed E-state index contributed by atoms with van der Waals surface area (Å²) in [6.07, 6.45) is 0.289. The molecule has 0 radical (unpaired) electrons. The Morgan fingerprint density at radius 3 is 2.89 bits per heavy atom. The van der Waals surface area contributed by atoms with Crippen molar-refractivity contribution in [3.8, 4) is 0 Å². The molecule has 4 nitrogen and oxygen atoms in total. The van der Waals surface area contributed by atoms with Gasteiger partial charge in [0.25, 0.3) is 0 Å². The van der Waals surface area contributed by atoms with Gasteiger partial charge in [-0.05, 0) is 0 Å². The molecule has 0 heterocycles. The number of hydrogen-bond acceptors (Lipinski definition) is 4. The van der Waals surface area contributed by atoms with Crippen LogP contribution in [0.3, 0.4) is 0 Å². The van der Waals surface area contributed by atoms with E-state index in [0.29, 0.717) is 6.29 Å². The second-order valence-corrected chi connectivity index (χ2v) is 1.48. The average Bonchev–Trinajstić information content (AvgIpc) is 1.91. The molecule has 2 N–H and O–H groups in total. The minimum absolute atomic E-state index is 0.121. The van der Waals surface area contributed by atoms with Crippen molar-refractivity contribution in [2.24, 2.45) is 0 Å². The van der Waals surface area contributed by atoms with E-state index in [1.807, 2.05) is 0 Å². The lowest BCUT2D eigenvalue weighted by Crippen LogP contribution is -2.35. The maximum absolute atomic E-state index is 9.74. The predicted octanol–water partition coefficient (Wildman–Crippen LogP) is -1.26. The number of carbonyl (C=O) groups excluding carboxylic acids is 1. The summed E-state index contributed by atoms with van der Waals surface area (Å²) in [4.78, 5) is 9.74. The maximum atomic E-state index is 9.74. The largest absolute Gasteiger partial charge is 0.392 e. The monoisotopic (exact) mass is 133 g/mol. The van der Waals surface area contributed by atoms with Crippen LogP contribution in [0.15, 0.2) is 0 Å². The van der Waals surface area contributed by atoms with E-state index in [-0.39, 0.29) is 13.2 Å². The van der Waals surface area contributed by atoms with E-state index in [9.17, 15) is 4.79 Å². The van der Waals surface area contributed by atoms with E-state index in [4.69, 9.17) is 5.11 Å². The molecule has 0 aromatic heterocycles. The number of nitrogens with one attached hydrogen (secondary N) is 1. The summed E-state index contributed by atoms with van der Waals surface area (Å²) in [5.74, 6) is 0. The van der Waals surface area contributed by atoms with Crippen molar-refractivity contribution >= 4 is 6.29 Å². The van der Waals surface area contributed by atoms with E-state index in [1.165, 1.54) is 7.11 Å². The first-order valence-corrected chi connectivity index (χ1v) is 2.65. The Balaban J connectivity index is 3.19. The SMILES string of the molecule is COC(CO)NCC=O. The van der Waals surface area contributed by atoms with Crippen LogP contribution in [-0.4, -0.2) is 37.9 Å². The molecule has 0 aliphatic rings. The summed E-state index contributed by atoms with van der Waals surface area (Å²) in [6.45, 7) is 0.0867. The fourth-order valence-corrected chi connectivity index (χ4v) is 0.402. The van der Waals surface area contributed by atoms with Gasteiger partial charge in [0.05, 0.1) is 13.2 Å². The molecule has 1 atom stereocenters. The molecule has 0 spiro atoms. The molecule has 0 aliphatic heterocycles. The molecule has 4 heteroatoms. The second-order valence-electron chi connectivity index (χ2n) is 1.48. The highest BCUT2D eigenvalue weighted by atomic mass is 16.5. The van der Waals surface area contributed by atoms with Crippen molar-refractivity contribution in [2.75, 3.05) is 20.3 Å². The standard InChI is InChI=1S/C5H11NO3/c1-9-5(4-8)6-2-3-7/h3,5-6,8H,2,4H2,1H3. The van der Waals surface area contributed by atoms with Gasteiger partial charge in [-0.2, -0.15) is 0 Å². The quantitative estimate of drug-likeness (QED) is 0.363. The van der Waals surface area contributed by atoms with Gasteiger partial charge in [-0.1, -0.05) is 0 Å². The molecule has 9 heavy (non-hydrogen) atoms. The number of aliphatic hydroxyl groups excluding tert-OH is 1. The first kappa shape index (κ1) is 8.55. The zero-order valence-corrected chi connectivity index (χ0v) is 5.33. The lowest BCUT2D eigenvalue weighted by atomic mass is 10.5. The Morgan fingerprint density at radius 2 is 2.56 bits per heavy atom. The van der Waals surface area contributed by atoms with Crippen LogP contribution in [0.25, 0.3) is 0 Å². The fourth-order valence-electron chi connectivity index (χ4n) is 0.402. The highest BCUT2D eigenvalue weighted by Gasteiger charge is 2.00. The topological polar surface area (TPSA) is 58.6 Å². The lowest BCUT2D eigenvalue weighted by Gasteiger charge is -2.10. The molecule has 0 aromatic rings. The van der Waals surface area contributed by atoms with Crippen molar-refractivity contribution in [1.29, 1.82) is 0 Å². The van der Waals surface area contributed by atoms with Crippen LogP contribution in [-0.2, 0) is 9.53 Å². The van der Waals surface area contributed by atoms with Gasteiger partial charge >= 0.3 is 0 Å². The number of methoxy groups -OCH3 is 1. The number of carbonyl (C=O) groups is 1. The van der Waals surface area contributed by atoms with Gasteiger partial charge in [-0.3, -0.25) is 5.32 Å². The maximum Gasteiger partial charge on any atom is 0.133 e. The van der Waals surface area contributed by atoms with Gasteiger partial charge in [0.15, 0.2) is 0 Å². The summed E-state index contributed by atoms with van der Waals surface area (Å²) in [5.41, 5.74) is 0. The van der Waals surface area contributed by atoms with Crippen LogP contribution in [0.4, 0.5) is 0 Å². The molecule has 0 bridgehead atoms. The Bertz CT molecular complexity index is 72.6. The first-order valence-electron chi connectivity index (χ1n) is 2.65. The van der Waals surface area contributed by atoms with E-state index in [2.05, 4.69) is 10.1 Å². The van der Waals surface area contributed by atoms with Crippen molar-refractivity contribution in [3.05, 3.63) is 0 Å². The molecule has 1 unspecified atom stereocenters. The Kier molecular flexibility index (Phi) is 5.40. The minimum Gasteiger partial charge on any atom is -0.392 e. The van der Waals surface area contributed by atoms with Gasteiger partial charge in [0.2, 0.25) is 0 Å². The summed E-state index contributed by atoms with van der Waals surface area (Å²) in [6, 6.07) is 0. The number of hydrogen-bond donors (Lipinski definition) is 2. The number of rotatable bonds is 5. The van der Waals surface area contributed by atoms with Gasteiger partial charge in [0.1, 0.15) is 12.5 Å². The molecule has 0 saturated heterocycles.